The third kappa shape index (κ3) is 27.3. The fraction of sp³-hybridized carbons (Fsp3) is 0.931. The molecular weight excluding hydrogens is 789 g/mol. The largest absolute Gasteiger partial charge is 0.465 e. The highest BCUT2D eigenvalue weighted by Gasteiger charge is 2.40. The number of allylic oxidation sites excluding steroid dienone is 2. The molecule has 2 aliphatic carbocycles. The van der Waals surface area contributed by atoms with Gasteiger partial charge in [-0.25, -0.2) is 4.79 Å². The summed E-state index contributed by atoms with van der Waals surface area (Å²) in [7, 11) is 0. The van der Waals surface area contributed by atoms with Crippen LogP contribution in [0, 0.1) is 23.2 Å². The van der Waals surface area contributed by atoms with Crippen molar-refractivity contribution in [2.24, 2.45) is 23.2 Å². The molecular formula is C58H110N2O4. The van der Waals surface area contributed by atoms with Crippen LogP contribution in [0.15, 0.2) is 11.1 Å². The van der Waals surface area contributed by atoms with Crippen molar-refractivity contribution < 1.29 is 19.1 Å². The summed E-state index contributed by atoms with van der Waals surface area (Å²) >= 11 is 0. The highest BCUT2D eigenvalue weighted by molar-refractivity contribution is 5.72. The van der Waals surface area contributed by atoms with Gasteiger partial charge in [0, 0.05) is 19.6 Å². The van der Waals surface area contributed by atoms with Gasteiger partial charge in [-0.1, -0.05) is 207 Å². The van der Waals surface area contributed by atoms with E-state index in [9.17, 15) is 9.59 Å². The fourth-order valence-corrected chi connectivity index (χ4v) is 10.6. The molecule has 1 amide bonds. The fourth-order valence-electron chi connectivity index (χ4n) is 10.6. The van der Waals surface area contributed by atoms with Crippen LogP contribution in [0.1, 0.15) is 280 Å². The molecule has 2 saturated carbocycles. The Balaban J connectivity index is 0.000000560. The van der Waals surface area contributed by atoms with Crippen molar-refractivity contribution in [2.45, 2.75) is 280 Å². The molecule has 0 bridgehead atoms. The average Bonchev–Trinajstić information content (AvgIpc) is 4.01. The molecule has 0 radical (unpaired) electrons. The lowest BCUT2D eigenvalue weighted by atomic mass is 9.78. The van der Waals surface area contributed by atoms with Gasteiger partial charge in [-0.3, -0.25) is 4.79 Å². The molecule has 3 rings (SSSR count). The van der Waals surface area contributed by atoms with Crippen molar-refractivity contribution in [3.05, 3.63) is 11.1 Å². The van der Waals surface area contributed by atoms with E-state index in [2.05, 4.69) is 53.4 Å². The molecule has 1 heterocycles. The first-order valence-corrected chi connectivity index (χ1v) is 28.7. The Labute approximate surface area is 399 Å². The van der Waals surface area contributed by atoms with Crippen LogP contribution in [0.4, 0.5) is 4.79 Å². The molecule has 6 nitrogen and oxygen atoms in total. The van der Waals surface area contributed by atoms with E-state index in [0.717, 1.165) is 95.9 Å². The van der Waals surface area contributed by atoms with Crippen LogP contribution in [0.25, 0.3) is 0 Å². The van der Waals surface area contributed by atoms with E-state index in [1.807, 2.05) is 10.5 Å². The van der Waals surface area contributed by atoms with Crippen molar-refractivity contribution in [2.75, 3.05) is 45.9 Å². The summed E-state index contributed by atoms with van der Waals surface area (Å²) in [5.74, 6) is 1.96. The van der Waals surface area contributed by atoms with Crippen molar-refractivity contribution >= 4 is 12.1 Å². The van der Waals surface area contributed by atoms with Gasteiger partial charge in [-0.05, 0) is 114 Å². The highest BCUT2D eigenvalue weighted by atomic mass is 16.6. The molecule has 6 heteroatoms. The number of rotatable bonds is 40. The summed E-state index contributed by atoms with van der Waals surface area (Å²) in [5.41, 5.74) is 3.76. The Kier molecular flexibility index (Phi) is 35.1. The third-order valence-electron chi connectivity index (χ3n) is 15.6. The molecule has 3 atom stereocenters. The van der Waals surface area contributed by atoms with Crippen molar-refractivity contribution in [1.82, 2.24) is 9.80 Å². The Morgan fingerprint density at radius 3 is 1.59 bits per heavy atom. The first-order chi connectivity index (χ1) is 31.3. The van der Waals surface area contributed by atoms with Gasteiger partial charge < -0.3 is 19.3 Å². The number of hydrogen-bond acceptors (Lipinski definition) is 5. The smallest absolute Gasteiger partial charge is 0.409 e. The van der Waals surface area contributed by atoms with E-state index >= 15 is 0 Å². The monoisotopic (exact) mass is 899 g/mol. The van der Waals surface area contributed by atoms with E-state index < -0.39 is 0 Å². The summed E-state index contributed by atoms with van der Waals surface area (Å²) in [6.07, 6.45) is 46.1. The van der Waals surface area contributed by atoms with Gasteiger partial charge >= 0.3 is 12.1 Å². The molecule has 0 aromatic rings. The number of esters is 1. The molecule has 376 valence electrons. The SMILES string of the molecule is CCCCCCCCC(CCCCCC)C(=O)OCCCC1(CCCC2CC2)CCN(C(=O)OCCCN(CC)CC)C1.CCCCCCCCC(CCCCCC)C(C)=C1CCC1. The van der Waals surface area contributed by atoms with Crippen molar-refractivity contribution in [3.8, 4) is 0 Å². The molecule has 0 aromatic carbocycles. The number of likely N-dealkylation sites (tertiary alicyclic amines) is 1. The quantitative estimate of drug-likeness (QED) is 0.0348. The first-order valence-electron chi connectivity index (χ1n) is 28.7. The van der Waals surface area contributed by atoms with Crippen LogP contribution in [0.3, 0.4) is 0 Å². The van der Waals surface area contributed by atoms with Crippen LogP contribution in [0.2, 0.25) is 0 Å². The minimum Gasteiger partial charge on any atom is -0.465 e. The number of hydrogen-bond donors (Lipinski definition) is 0. The van der Waals surface area contributed by atoms with Crippen LogP contribution in [-0.4, -0.2) is 67.8 Å². The molecule has 1 aliphatic heterocycles. The minimum absolute atomic E-state index is 0.0363. The zero-order valence-corrected chi connectivity index (χ0v) is 44.2. The zero-order chi connectivity index (χ0) is 46.5. The second-order valence-corrected chi connectivity index (χ2v) is 21.1. The van der Waals surface area contributed by atoms with Crippen LogP contribution < -0.4 is 0 Å². The van der Waals surface area contributed by atoms with Gasteiger partial charge in [0.15, 0.2) is 0 Å². The molecule has 0 spiro atoms. The summed E-state index contributed by atoms with van der Waals surface area (Å²) < 4.78 is 11.6. The second-order valence-electron chi connectivity index (χ2n) is 21.1. The predicted octanol–water partition coefficient (Wildman–Crippen LogP) is 17.6. The van der Waals surface area contributed by atoms with E-state index in [0.29, 0.717) is 13.2 Å². The Bertz CT molecular complexity index is 1160. The maximum absolute atomic E-state index is 13.2. The molecule has 64 heavy (non-hydrogen) atoms. The van der Waals surface area contributed by atoms with Crippen LogP contribution in [0.5, 0.6) is 0 Å². The summed E-state index contributed by atoms with van der Waals surface area (Å²) in [6, 6.07) is 0. The molecule has 3 unspecified atom stereocenters. The second kappa shape index (κ2) is 38.4. The van der Waals surface area contributed by atoms with Gasteiger partial charge in [0.05, 0.1) is 19.1 Å². The molecule has 3 aliphatic rings. The van der Waals surface area contributed by atoms with Gasteiger partial charge in [-0.2, -0.15) is 0 Å². The number of amides is 1. The Hall–Kier alpha value is -1.56. The maximum Gasteiger partial charge on any atom is 0.409 e. The molecule has 3 fully saturated rings. The third-order valence-corrected chi connectivity index (χ3v) is 15.6. The van der Waals surface area contributed by atoms with E-state index in [4.69, 9.17) is 9.47 Å². The summed E-state index contributed by atoms with van der Waals surface area (Å²) in [5, 5.41) is 0. The lowest BCUT2D eigenvalue weighted by Gasteiger charge is -2.29. The number of nitrogens with zero attached hydrogens (tertiary/aromatic N) is 2. The number of ether oxygens (including phenoxy) is 2. The number of carbonyl (C=O) groups is 2. The van der Waals surface area contributed by atoms with E-state index in [-0.39, 0.29) is 23.4 Å². The lowest BCUT2D eigenvalue weighted by molar-refractivity contribution is -0.149. The molecule has 0 aromatic heterocycles. The standard InChI is InChI=1S/C37H70N2O4.C21H40/c1-5-9-11-13-14-16-22-34(21-15-12-10-6-2)35(40)42-30-18-26-37(25-17-20-33-23-24-33)27-29-39(32-37)36(41)43-31-19-28-38(7-3)8-4;1-4-6-8-10-11-13-16-20(15-12-9-7-5-2)19(3)21-17-14-18-21/h33-34H,5-32H2,1-4H3;20H,4-18H2,1-3H3. The van der Waals surface area contributed by atoms with Gasteiger partial charge in [0.2, 0.25) is 0 Å². The highest BCUT2D eigenvalue weighted by Crippen LogP contribution is 2.43. The van der Waals surface area contributed by atoms with Crippen molar-refractivity contribution in [3.63, 3.8) is 0 Å². The Morgan fingerprint density at radius 1 is 0.609 bits per heavy atom. The lowest BCUT2D eigenvalue weighted by Crippen LogP contribution is -2.33. The number of unbranched alkanes of at least 4 members (excludes halogenated alkanes) is 16. The zero-order valence-electron chi connectivity index (χ0n) is 44.2. The summed E-state index contributed by atoms with van der Waals surface area (Å²) in [4.78, 5) is 30.4. The summed E-state index contributed by atoms with van der Waals surface area (Å²) in [6.45, 7) is 21.5. The van der Waals surface area contributed by atoms with Gasteiger partial charge in [-0.15, -0.1) is 0 Å². The Morgan fingerprint density at radius 2 is 1.09 bits per heavy atom. The van der Waals surface area contributed by atoms with Crippen LogP contribution in [-0.2, 0) is 14.3 Å². The van der Waals surface area contributed by atoms with Gasteiger partial charge in [0.25, 0.3) is 0 Å². The van der Waals surface area contributed by atoms with E-state index in [1.165, 1.54) is 180 Å². The predicted molar refractivity (Wildman–Crippen MR) is 276 cm³/mol. The molecule has 0 N–H and O–H groups in total. The van der Waals surface area contributed by atoms with E-state index in [1.54, 1.807) is 5.57 Å². The maximum atomic E-state index is 13.2. The topological polar surface area (TPSA) is 59.1 Å². The normalized spacial score (nSPS) is 18.1. The average molecular weight is 900 g/mol. The number of carbonyl (C=O) groups excluding carboxylic acids is 2. The van der Waals surface area contributed by atoms with Crippen LogP contribution >= 0.6 is 0 Å². The van der Waals surface area contributed by atoms with Gasteiger partial charge in [0.1, 0.15) is 0 Å². The van der Waals surface area contributed by atoms with Crippen molar-refractivity contribution in [1.29, 1.82) is 0 Å². The first kappa shape index (κ1) is 58.6. The minimum atomic E-state index is -0.143. The molecule has 1 saturated heterocycles.